The first-order chi connectivity index (χ1) is 11.1. The molecule has 2 N–H and O–H groups in total. The molecule has 0 aliphatic heterocycles. The van der Waals surface area contributed by atoms with Crippen molar-refractivity contribution < 1.29 is 4.79 Å². The van der Waals surface area contributed by atoms with E-state index in [-0.39, 0.29) is 11.7 Å². The number of thioether (sulfide) groups is 1. The lowest BCUT2D eigenvalue weighted by Crippen LogP contribution is -2.13. The van der Waals surface area contributed by atoms with Crippen molar-refractivity contribution in [2.24, 2.45) is 5.73 Å². The third-order valence-electron chi connectivity index (χ3n) is 3.27. The molecule has 116 valence electrons. The van der Waals surface area contributed by atoms with Gasteiger partial charge in [0.05, 0.1) is 5.75 Å². The first-order valence-electron chi connectivity index (χ1n) is 7.14. The Balaban J connectivity index is 2.12. The van der Waals surface area contributed by atoms with Crippen molar-refractivity contribution in [2.45, 2.75) is 12.1 Å². The van der Waals surface area contributed by atoms with Crippen LogP contribution in [0.3, 0.4) is 0 Å². The van der Waals surface area contributed by atoms with E-state index in [1.807, 2.05) is 60.0 Å². The van der Waals surface area contributed by atoms with Crippen LogP contribution in [0.15, 0.2) is 59.8 Å². The fraction of sp³-hybridized carbons (Fsp3) is 0.118. The smallest absolute Gasteiger partial charge is 0.227 e. The predicted octanol–water partition coefficient (Wildman–Crippen LogP) is 2.82. The van der Waals surface area contributed by atoms with Crippen LogP contribution in [0.5, 0.6) is 0 Å². The lowest BCUT2D eigenvalue weighted by Gasteiger charge is -2.10. The summed E-state index contributed by atoms with van der Waals surface area (Å²) in [4.78, 5) is 11.1. The molecule has 1 aromatic heterocycles. The van der Waals surface area contributed by atoms with Gasteiger partial charge in [-0.05, 0) is 24.6 Å². The molecule has 0 aliphatic rings. The van der Waals surface area contributed by atoms with Crippen LogP contribution in [0.4, 0.5) is 0 Å². The summed E-state index contributed by atoms with van der Waals surface area (Å²) < 4.78 is 1.95. The van der Waals surface area contributed by atoms with E-state index in [0.29, 0.717) is 5.16 Å². The Morgan fingerprint density at radius 2 is 1.91 bits per heavy atom. The molecular formula is C17H16N4OS. The number of hydrogen-bond donors (Lipinski definition) is 1. The van der Waals surface area contributed by atoms with Crippen LogP contribution in [0.1, 0.15) is 5.56 Å². The minimum absolute atomic E-state index is 0.165. The van der Waals surface area contributed by atoms with Crippen LogP contribution >= 0.6 is 11.8 Å². The van der Waals surface area contributed by atoms with Gasteiger partial charge < -0.3 is 5.73 Å². The second kappa shape index (κ2) is 6.66. The van der Waals surface area contributed by atoms with Crippen molar-refractivity contribution in [3.8, 4) is 17.1 Å². The van der Waals surface area contributed by atoms with E-state index in [1.165, 1.54) is 11.8 Å². The minimum Gasteiger partial charge on any atom is -0.369 e. The number of amides is 1. The molecule has 0 spiro atoms. The standard InChI is InChI=1S/C17H16N4OS/c1-12-6-5-9-14(10-12)21-16(13-7-3-2-4-8-13)19-20-17(21)23-11-15(18)22/h2-10H,11H2,1H3,(H2,18,22). The summed E-state index contributed by atoms with van der Waals surface area (Å²) in [6, 6.07) is 17.9. The molecule has 0 atom stereocenters. The molecule has 3 aromatic rings. The summed E-state index contributed by atoms with van der Waals surface area (Å²) in [5.74, 6) is 0.525. The molecule has 2 aromatic carbocycles. The van der Waals surface area contributed by atoms with E-state index in [0.717, 1.165) is 22.6 Å². The second-order valence-corrected chi connectivity index (χ2v) is 6.04. The number of nitrogens with zero attached hydrogens (tertiary/aromatic N) is 3. The molecular weight excluding hydrogens is 308 g/mol. The largest absolute Gasteiger partial charge is 0.369 e. The molecule has 0 unspecified atom stereocenters. The highest BCUT2D eigenvalue weighted by Gasteiger charge is 2.16. The lowest BCUT2D eigenvalue weighted by atomic mass is 10.2. The number of nitrogens with two attached hydrogens (primary N) is 1. The fourth-order valence-electron chi connectivity index (χ4n) is 2.27. The summed E-state index contributed by atoms with van der Waals surface area (Å²) in [5.41, 5.74) is 8.32. The molecule has 1 amide bonds. The molecule has 0 aliphatic carbocycles. The number of benzene rings is 2. The Kier molecular flexibility index (Phi) is 4.43. The quantitative estimate of drug-likeness (QED) is 0.732. The van der Waals surface area contributed by atoms with Gasteiger partial charge in [0.1, 0.15) is 0 Å². The van der Waals surface area contributed by atoms with Crippen molar-refractivity contribution in [3.05, 3.63) is 60.2 Å². The molecule has 0 radical (unpaired) electrons. The van der Waals surface area contributed by atoms with E-state index in [9.17, 15) is 4.79 Å². The molecule has 0 saturated heterocycles. The van der Waals surface area contributed by atoms with Gasteiger partial charge in [-0.1, -0.05) is 54.2 Å². The van der Waals surface area contributed by atoms with Gasteiger partial charge >= 0.3 is 0 Å². The van der Waals surface area contributed by atoms with Crippen LogP contribution in [-0.2, 0) is 4.79 Å². The molecule has 0 fully saturated rings. The number of aryl methyl sites for hydroxylation is 1. The number of carbonyl (C=O) groups is 1. The van der Waals surface area contributed by atoms with E-state index in [1.54, 1.807) is 0 Å². The summed E-state index contributed by atoms with van der Waals surface area (Å²) >= 11 is 1.29. The highest BCUT2D eigenvalue weighted by atomic mass is 32.2. The maximum absolute atomic E-state index is 11.1. The van der Waals surface area contributed by atoms with Crippen LogP contribution in [-0.4, -0.2) is 26.4 Å². The van der Waals surface area contributed by atoms with Crippen LogP contribution < -0.4 is 5.73 Å². The monoisotopic (exact) mass is 324 g/mol. The van der Waals surface area contributed by atoms with E-state index in [2.05, 4.69) is 16.3 Å². The zero-order chi connectivity index (χ0) is 16.2. The van der Waals surface area contributed by atoms with Gasteiger partial charge in [-0.25, -0.2) is 0 Å². The van der Waals surface area contributed by atoms with Gasteiger partial charge in [0.25, 0.3) is 0 Å². The molecule has 0 bridgehead atoms. The van der Waals surface area contributed by atoms with Gasteiger partial charge in [-0.2, -0.15) is 0 Å². The molecule has 23 heavy (non-hydrogen) atoms. The Labute approximate surface area is 138 Å². The number of aromatic nitrogens is 3. The minimum atomic E-state index is -0.380. The Bertz CT molecular complexity index is 830. The summed E-state index contributed by atoms with van der Waals surface area (Å²) in [6.07, 6.45) is 0. The SMILES string of the molecule is Cc1cccc(-n2c(SCC(N)=O)nnc2-c2ccccc2)c1. The average Bonchev–Trinajstić information content (AvgIpc) is 2.97. The number of carbonyl (C=O) groups excluding carboxylic acids is 1. The first kappa shape index (κ1) is 15.3. The third kappa shape index (κ3) is 3.43. The maximum atomic E-state index is 11.1. The van der Waals surface area contributed by atoms with E-state index in [4.69, 9.17) is 5.73 Å². The van der Waals surface area contributed by atoms with Crippen molar-refractivity contribution >= 4 is 17.7 Å². The Morgan fingerprint density at radius 3 is 2.61 bits per heavy atom. The van der Waals surface area contributed by atoms with Gasteiger partial charge in [-0.15, -0.1) is 10.2 Å². The van der Waals surface area contributed by atoms with Gasteiger partial charge in [0.15, 0.2) is 11.0 Å². The van der Waals surface area contributed by atoms with Crippen molar-refractivity contribution in [3.63, 3.8) is 0 Å². The summed E-state index contributed by atoms with van der Waals surface area (Å²) in [6.45, 7) is 2.03. The topological polar surface area (TPSA) is 73.8 Å². The number of hydrogen-bond acceptors (Lipinski definition) is 4. The average molecular weight is 324 g/mol. The first-order valence-corrected chi connectivity index (χ1v) is 8.12. The maximum Gasteiger partial charge on any atom is 0.227 e. The highest BCUT2D eigenvalue weighted by molar-refractivity contribution is 7.99. The number of primary amides is 1. The summed E-state index contributed by atoms with van der Waals surface area (Å²) in [5, 5.41) is 9.20. The van der Waals surface area contributed by atoms with Gasteiger partial charge in [-0.3, -0.25) is 9.36 Å². The Hall–Kier alpha value is -2.60. The van der Waals surface area contributed by atoms with E-state index < -0.39 is 0 Å². The van der Waals surface area contributed by atoms with Crippen LogP contribution in [0.2, 0.25) is 0 Å². The molecule has 5 nitrogen and oxygen atoms in total. The molecule has 3 rings (SSSR count). The zero-order valence-corrected chi connectivity index (χ0v) is 13.5. The predicted molar refractivity (Wildman–Crippen MR) is 91.5 cm³/mol. The summed E-state index contributed by atoms with van der Waals surface area (Å²) in [7, 11) is 0. The van der Waals surface area contributed by atoms with Crippen molar-refractivity contribution in [2.75, 3.05) is 5.75 Å². The molecule has 0 saturated carbocycles. The van der Waals surface area contributed by atoms with Crippen molar-refractivity contribution in [1.82, 2.24) is 14.8 Å². The molecule has 6 heteroatoms. The normalized spacial score (nSPS) is 10.7. The number of rotatable bonds is 5. The second-order valence-electron chi connectivity index (χ2n) is 5.10. The third-order valence-corrected chi connectivity index (χ3v) is 4.22. The molecule has 1 heterocycles. The fourth-order valence-corrected chi connectivity index (χ4v) is 2.96. The van der Waals surface area contributed by atoms with E-state index >= 15 is 0 Å². The van der Waals surface area contributed by atoms with Gasteiger partial charge in [0, 0.05) is 11.3 Å². The van der Waals surface area contributed by atoms with Crippen LogP contribution in [0, 0.1) is 6.92 Å². The Morgan fingerprint density at radius 1 is 1.13 bits per heavy atom. The lowest BCUT2D eigenvalue weighted by molar-refractivity contribution is -0.115. The van der Waals surface area contributed by atoms with Crippen LogP contribution in [0.25, 0.3) is 17.1 Å². The van der Waals surface area contributed by atoms with Gasteiger partial charge in [0.2, 0.25) is 5.91 Å². The van der Waals surface area contributed by atoms with Crippen molar-refractivity contribution in [1.29, 1.82) is 0 Å². The highest BCUT2D eigenvalue weighted by Crippen LogP contribution is 2.28. The zero-order valence-electron chi connectivity index (χ0n) is 12.6.